The minimum absolute atomic E-state index is 0.00287. The highest BCUT2D eigenvalue weighted by molar-refractivity contribution is 7.89. The highest BCUT2D eigenvalue weighted by Gasteiger charge is 2.24. The number of rotatable bonds is 7. The largest absolute Gasteiger partial charge is 0.478 e. The normalized spacial score (nSPS) is 16.0. The fraction of sp³-hybridized carbons (Fsp3) is 0.562. The first kappa shape index (κ1) is 17.7. The van der Waals surface area contributed by atoms with Crippen molar-refractivity contribution in [3.63, 3.8) is 0 Å². The van der Waals surface area contributed by atoms with Gasteiger partial charge in [0.25, 0.3) is 0 Å². The molecule has 1 fully saturated rings. The highest BCUT2D eigenvalue weighted by atomic mass is 32.2. The molecule has 0 aromatic heterocycles. The maximum absolute atomic E-state index is 12.4. The number of hydrogen-bond acceptors (Lipinski definition) is 4. The second-order valence-corrected chi connectivity index (χ2v) is 8.10. The second kappa shape index (κ2) is 7.31. The Balaban J connectivity index is 2.25. The van der Waals surface area contributed by atoms with Crippen LogP contribution in [0.3, 0.4) is 0 Å². The Morgan fingerprint density at radius 1 is 1.30 bits per heavy atom. The summed E-state index contributed by atoms with van der Waals surface area (Å²) in [6.45, 7) is 4.64. The molecule has 1 saturated carbocycles. The zero-order chi connectivity index (χ0) is 17.0. The predicted molar refractivity (Wildman–Crippen MR) is 89.3 cm³/mol. The van der Waals surface area contributed by atoms with Crippen LogP contribution in [0.1, 0.15) is 49.9 Å². The maximum atomic E-state index is 12.4. The van der Waals surface area contributed by atoms with Crippen LogP contribution in [0.2, 0.25) is 0 Å². The van der Waals surface area contributed by atoms with Crippen molar-refractivity contribution in [2.24, 2.45) is 5.92 Å². The molecular formula is C16H24N2O4S. The van der Waals surface area contributed by atoms with E-state index in [-0.39, 0.29) is 16.5 Å². The van der Waals surface area contributed by atoms with E-state index in [1.807, 2.05) is 13.8 Å². The molecule has 2 rings (SSSR count). The lowest BCUT2D eigenvalue weighted by molar-refractivity contribution is 0.0697. The minimum atomic E-state index is -3.69. The summed E-state index contributed by atoms with van der Waals surface area (Å²) in [7, 11) is -3.69. The molecule has 1 aromatic rings. The molecule has 6 nitrogen and oxygen atoms in total. The number of sulfonamides is 1. The third kappa shape index (κ3) is 4.68. The van der Waals surface area contributed by atoms with Crippen LogP contribution in [0.5, 0.6) is 0 Å². The smallest absolute Gasteiger partial charge is 0.337 e. The van der Waals surface area contributed by atoms with Crippen LogP contribution in [0.25, 0.3) is 0 Å². The van der Waals surface area contributed by atoms with E-state index in [1.54, 1.807) is 0 Å². The molecule has 7 heteroatoms. The molecule has 0 amide bonds. The average Bonchev–Trinajstić information content (AvgIpc) is 2.96. The number of nitrogens with one attached hydrogen (secondary N) is 2. The summed E-state index contributed by atoms with van der Waals surface area (Å²) in [5.41, 5.74) is 0.408. The molecule has 0 aliphatic heterocycles. The molecule has 0 saturated heterocycles. The Morgan fingerprint density at radius 3 is 2.52 bits per heavy atom. The number of hydrogen-bond donors (Lipinski definition) is 3. The number of carboxylic acids is 1. The first-order chi connectivity index (χ1) is 10.8. The second-order valence-electron chi connectivity index (χ2n) is 6.39. The topological polar surface area (TPSA) is 95.5 Å². The summed E-state index contributed by atoms with van der Waals surface area (Å²) in [4.78, 5) is 11.4. The predicted octanol–water partition coefficient (Wildman–Crippen LogP) is 2.67. The molecule has 128 valence electrons. The number of carbonyl (C=O) groups is 1. The van der Waals surface area contributed by atoms with Gasteiger partial charge in [-0.2, -0.15) is 0 Å². The molecular weight excluding hydrogens is 316 g/mol. The van der Waals surface area contributed by atoms with Gasteiger partial charge in [0.05, 0.1) is 10.5 Å². The van der Waals surface area contributed by atoms with Crippen LogP contribution >= 0.6 is 0 Å². The van der Waals surface area contributed by atoms with Crippen LogP contribution in [-0.2, 0) is 10.0 Å². The lowest BCUT2D eigenvalue weighted by Crippen LogP contribution is -2.32. The van der Waals surface area contributed by atoms with Gasteiger partial charge in [0.1, 0.15) is 0 Å². The Labute approximate surface area is 137 Å². The van der Waals surface area contributed by atoms with E-state index < -0.39 is 16.0 Å². The van der Waals surface area contributed by atoms with E-state index >= 15 is 0 Å². The standard InChI is InChI=1S/C16H24N2O4S/c1-11(2)10-17-15-8-7-13(9-14(15)16(19)20)23(21,22)18-12-5-3-4-6-12/h7-9,11-12,17-18H,3-6,10H2,1-2H3,(H,19,20). The molecule has 1 aromatic carbocycles. The molecule has 0 bridgehead atoms. The summed E-state index contributed by atoms with van der Waals surface area (Å²) in [6.07, 6.45) is 3.70. The lowest BCUT2D eigenvalue weighted by Gasteiger charge is -2.15. The van der Waals surface area contributed by atoms with Crippen molar-refractivity contribution in [2.45, 2.75) is 50.5 Å². The van der Waals surface area contributed by atoms with E-state index in [0.29, 0.717) is 18.2 Å². The first-order valence-electron chi connectivity index (χ1n) is 7.93. The van der Waals surface area contributed by atoms with Gasteiger partial charge >= 0.3 is 5.97 Å². The number of carboxylic acid groups (broad SMARTS) is 1. The van der Waals surface area contributed by atoms with Gasteiger partial charge in [-0.15, -0.1) is 0 Å². The van der Waals surface area contributed by atoms with E-state index in [4.69, 9.17) is 0 Å². The lowest BCUT2D eigenvalue weighted by atomic mass is 10.1. The van der Waals surface area contributed by atoms with E-state index in [0.717, 1.165) is 25.7 Å². The summed E-state index contributed by atoms with van der Waals surface area (Å²) >= 11 is 0. The molecule has 1 aliphatic rings. The van der Waals surface area contributed by atoms with Crippen LogP contribution in [0.15, 0.2) is 23.1 Å². The quantitative estimate of drug-likeness (QED) is 0.709. The van der Waals surface area contributed by atoms with Crippen LogP contribution < -0.4 is 10.0 Å². The summed E-state index contributed by atoms with van der Waals surface area (Å²) in [5.74, 6) is -0.793. The maximum Gasteiger partial charge on any atom is 0.337 e. The fourth-order valence-electron chi connectivity index (χ4n) is 2.67. The Bertz CT molecular complexity index is 665. The fourth-order valence-corrected chi connectivity index (χ4v) is 4.00. The van der Waals surface area contributed by atoms with E-state index in [1.165, 1.54) is 18.2 Å². The zero-order valence-electron chi connectivity index (χ0n) is 13.5. The van der Waals surface area contributed by atoms with Gasteiger partial charge in [0.15, 0.2) is 0 Å². The molecule has 3 N–H and O–H groups in total. The molecule has 0 atom stereocenters. The molecule has 23 heavy (non-hydrogen) atoms. The van der Waals surface area contributed by atoms with Gasteiger partial charge in [-0.05, 0) is 37.0 Å². The van der Waals surface area contributed by atoms with Crippen LogP contribution in [0, 0.1) is 5.92 Å². The van der Waals surface area contributed by atoms with Gasteiger partial charge < -0.3 is 10.4 Å². The molecule has 0 radical (unpaired) electrons. The SMILES string of the molecule is CC(C)CNc1ccc(S(=O)(=O)NC2CCCC2)cc1C(=O)O. The van der Waals surface area contributed by atoms with Gasteiger partial charge in [0.2, 0.25) is 10.0 Å². The van der Waals surface area contributed by atoms with Crippen molar-refractivity contribution in [1.82, 2.24) is 4.72 Å². The van der Waals surface area contributed by atoms with E-state index in [2.05, 4.69) is 10.0 Å². The monoisotopic (exact) mass is 340 g/mol. The Hall–Kier alpha value is -1.60. The van der Waals surface area contributed by atoms with Gasteiger partial charge in [-0.25, -0.2) is 17.9 Å². The number of anilines is 1. The van der Waals surface area contributed by atoms with Crippen molar-refractivity contribution < 1.29 is 18.3 Å². The minimum Gasteiger partial charge on any atom is -0.478 e. The molecule has 0 spiro atoms. The number of benzene rings is 1. The van der Waals surface area contributed by atoms with Crippen LogP contribution in [-0.4, -0.2) is 32.1 Å². The average molecular weight is 340 g/mol. The summed E-state index contributed by atoms with van der Waals surface area (Å²) in [6, 6.07) is 4.15. The van der Waals surface area contributed by atoms with Crippen molar-refractivity contribution in [2.75, 3.05) is 11.9 Å². The molecule has 0 unspecified atom stereocenters. The Morgan fingerprint density at radius 2 is 1.96 bits per heavy atom. The third-order valence-electron chi connectivity index (χ3n) is 3.91. The van der Waals surface area contributed by atoms with Crippen LogP contribution in [0.4, 0.5) is 5.69 Å². The first-order valence-corrected chi connectivity index (χ1v) is 9.41. The highest BCUT2D eigenvalue weighted by Crippen LogP contribution is 2.24. The van der Waals surface area contributed by atoms with Crippen molar-refractivity contribution >= 4 is 21.7 Å². The summed E-state index contributed by atoms with van der Waals surface area (Å²) in [5, 5.41) is 12.4. The van der Waals surface area contributed by atoms with Gasteiger partial charge in [0, 0.05) is 18.3 Å². The number of aromatic carboxylic acids is 1. The zero-order valence-corrected chi connectivity index (χ0v) is 14.3. The van der Waals surface area contributed by atoms with Crippen molar-refractivity contribution in [1.29, 1.82) is 0 Å². The van der Waals surface area contributed by atoms with Crippen molar-refractivity contribution in [3.05, 3.63) is 23.8 Å². The van der Waals surface area contributed by atoms with Gasteiger partial charge in [-0.3, -0.25) is 0 Å². The summed E-state index contributed by atoms with van der Waals surface area (Å²) < 4.78 is 27.5. The Kier molecular flexibility index (Phi) is 5.64. The van der Waals surface area contributed by atoms with E-state index in [9.17, 15) is 18.3 Å². The molecule has 0 heterocycles. The third-order valence-corrected chi connectivity index (χ3v) is 5.43. The van der Waals surface area contributed by atoms with Gasteiger partial charge in [-0.1, -0.05) is 26.7 Å². The molecule has 1 aliphatic carbocycles. The van der Waals surface area contributed by atoms with Crippen molar-refractivity contribution in [3.8, 4) is 0 Å².